The first-order valence-corrected chi connectivity index (χ1v) is 21.2. The molecule has 0 aliphatic carbocycles. The van der Waals surface area contributed by atoms with Crippen molar-refractivity contribution >= 4 is 35.5 Å². The summed E-state index contributed by atoms with van der Waals surface area (Å²) in [7, 11) is 2.77. The van der Waals surface area contributed by atoms with Gasteiger partial charge in [0.15, 0.2) is 0 Å². The third kappa shape index (κ3) is 7.83. The van der Waals surface area contributed by atoms with E-state index in [1.165, 1.54) is 7.11 Å². The van der Waals surface area contributed by atoms with Crippen LogP contribution >= 0.6 is 0 Å². The Balaban J connectivity index is 1.42. The van der Waals surface area contributed by atoms with Crippen LogP contribution in [0.15, 0.2) is 127 Å². The van der Waals surface area contributed by atoms with Gasteiger partial charge in [0.2, 0.25) is 11.8 Å². The summed E-state index contributed by atoms with van der Waals surface area (Å²) < 4.78 is 22.5. The number of fused-ring (bicyclic) bond motifs is 3. The first-order chi connectivity index (χ1) is 31.4. The number of anilines is 1. The van der Waals surface area contributed by atoms with Crippen LogP contribution in [0.2, 0.25) is 0 Å². The SMILES string of the molecule is COC(=O)C(NC(=O)N1C(=O)C2(c3cc(C#Cc4ccc(OC)cc4)ccc31)C(C(N)=O)C1C(=O)OC(c3ccccc3)C(c3ccccc3)N1C2c1ccc(OCCO)cc1)C(C)C. The number of aliphatic hydroxyl groups is 1. The number of imide groups is 1. The zero-order valence-electron chi connectivity index (χ0n) is 36.2. The van der Waals surface area contributed by atoms with Gasteiger partial charge in [-0.2, -0.15) is 0 Å². The summed E-state index contributed by atoms with van der Waals surface area (Å²) >= 11 is 0. The fourth-order valence-electron chi connectivity index (χ4n) is 9.57. The van der Waals surface area contributed by atoms with Crippen molar-refractivity contribution in [2.24, 2.45) is 17.6 Å². The van der Waals surface area contributed by atoms with Gasteiger partial charge in [-0.05, 0) is 82.8 Å². The zero-order valence-corrected chi connectivity index (χ0v) is 36.2. The second kappa shape index (κ2) is 18.3. The normalized spacial score (nSPS) is 22.6. The molecule has 0 saturated carbocycles. The fraction of sp³-hybridized carbons (Fsp3) is 0.275. The molecule has 7 unspecified atom stereocenters. The lowest BCUT2D eigenvalue weighted by atomic mass is 9.65. The second-order valence-corrected chi connectivity index (χ2v) is 16.4. The number of morpholine rings is 1. The van der Waals surface area contributed by atoms with E-state index in [1.807, 2.05) is 65.6 Å². The van der Waals surface area contributed by atoms with Crippen molar-refractivity contribution in [2.45, 2.75) is 49.5 Å². The van der Waals surface area contributed by atoms with Gasteiger partial charge in [0.25, 0.3) is 0 Å². The van der Waals surface area contributed by atoms with E-state index < -0.39 is 77.3 Å². The lowest BCUT2D eigenvalue weighted by molar-refractivity contribution is -0.178. The number of amides is 4. The van der Waals surface area contributed by atoms with E-state index in [0.29, 0.717) is 39.3 Å². The minimum absolute atomic E-state index is 0.0184. The molecule has 2 saturated heterocycles. The minimum Gasteiger partial charge on any atom is -0.497 e. The number of hydrogen-bond acceptors (Lipinski definition) is 11. The van der Waals surface area contributed by atoms with Crippen LogP contribution < -0.4 is 25.4 Å². The second-order valence-electron chi connectivity index (χ2n) is 16.4. The van der Waals surface area contributed by atoms with Gasteiger partial charge in [-0.3, -0.25) is 19.3 Å². The summed E-state index contributed by atoms with van der Waals surface area (Å²) in [5, 5.41) is 12.2. The van der Waals surface area contributed by atoms with E-state index in [4.69, 9.17) is 24.7 Å². The Bertz CT molecular complexity index is 2660. The smallest absolute Gasteiger partial charge is 0.329 e. The largest absolute Gasteiger partial charge is 0.497 e. The average Bonchev–Trinajstić information content (AvgIpc) is 3.78. The van der Waals surface area contributed by atoms with E-state index in [0.717, 1.165) is 4.90 Å². The molecule has 14 nitrogen and oxygen atoms in total. The van der Waals surface area contributed by atoms with Crippen molar-refractivity contribution in [3.8, 4) is 23.3 Å². The third-order valence-corrected chi connectivity index (χ3v) is 12.4. The number of primary amides is 1. The van der Waals surface area contributed by atoms with Crippen molar-refractivity contribution in [1.29, 1.82) is 0 Å². The minimum atomic E-state index is -2.11. The molecule has 332 valence electrons. The quantitative estimate of drug-likeness (QED) is 0.112. The molecule has 3 aliphatic heterocycles. The summed E-state index contributed by atoms with van der Waals surface area (Å²) in [5.41, 5.74) is 7.63. The van der Waals surface area contributed by atoms with Gasteiger partial charge in [0.05, 0.1) is 44.5 Å². The summed E-state index contributed by atoms with van der Waals surface area (Å²) in [6, 6.07) is 31.8. The van der Waals surface area contributed by atoms with Crippen LogP contribution in [0.3, 0.4) is 0 Å². The number of nitrogens with zero attached hydrogens (tertiary/aromatic N) is 2. The molecule has 7 atom stereocenters. The number of benzene rings is 5. The highest BCUT2D eigenvalue weighted by atomic mass is 16.6. The van der Waals surface area contributed by atoms with Gasteiger partial charge in [-0.15, -0.1) is 0 Å². The number of rotatable bonds is 11. The first-order valence-electron chi connectivity index (χ1n) is 21.2. The first kappa shape index (κ1) is 44.1. The molecule has 0 bridgehead atoms. The molecule has 1 spiro atoms. The van der Waals surface area contributed by atoms with Crippen LogP contribution in [0.25, 0.3) is 0 Å². The van der Waals surface area contributed by atoms with Gasteiger partial charge in [-0.1, -0.05) is 98.5 Å². The Kier molecular flexibility index (Phi) is 12.4. The molecule has 8 rings (SSSR count). The van der Waals surface area contributed by atoms with Gasteiger partial charge in [0.1, 0.15) is 41.7 Å². The van der Waals surface area contributed by atoms with Crippen molar-refractivity contribution in [3.05, 3.63) is 161 Å². The highest BCUT2D eigenvalue weighted by Gasteiger charge is 2.75. The maximum Gasteiger partial charge on any atom is 0.329 e. The number of urea groups is 1. The van der Waals surface area contributed by atoms with Crippen LogP contribution in [0.5, 0.6) is 11.5 Å². The fourth-order valence-corrected chi connectivity index (χ4v) is 9.57. The standard InChI is InChI=1S/C51H48N4O10/c1-30(2)41(47(58)63-4)53-50(61)54-39-26-19-32(16-15-31-17-22-36(62-3)23-18-31)29-38(39)51(49(54)60)40(46(52)57)43-48(59)65-44(34-13-9-6-10-14-34)42(33-11-7-5-8-12-33)55(43)45(51)35-20-24-37(25-21-35)64-28-27-56/h5-14,17-26,29-30,40-45,56H,27-28H2,1-4H3,(H2,52,57)(H,53,61). The van der Waals surface area contributed by atoms with Crippen LogP contribution in [0.1, 0.15) is 65.4 Å². The molecule has 2 fully saturated rings. The molecule has 0 aromatic heterocycles. The number of nitrogens with one attached hydrogen (secondary N) is 1. The Morgan fingerprint density at radius 3 is 2.02 bits per heavy atom. The summed E-state index contributed by atoms with van der Waals surface area (Å²) in [5.74, 6) is 1.93. The molecule has 0 radical (unpaired) electrons. The highest BCUT2D eigenvalue weighted by molar-refractivity contribution is 6.25. The molecule has 4 N–H and O–H groups in total. The van der Waals surface area contributed by atoms with E-state index in [1.54, 1.807) is 87.7 Å². The van der Waals surface area contributed by atoms with Crippen LogP contribution in [0, 0.1) is 23.7 Å². The lowest BCUT2D eigenvalue weighted by Gasteiger charge is -2.46. The topological polar surface area (TPSA) is 187 Å². The number of carbonyl (C=O) groups is 5. The maximum absolute atomic E-state index is 16.2. The molecular weight excluding hydrogens is 829 g/mol. The maximum atomic E-state index is 16.2. The third-order valence-electron chi connectivity index (χ3n) is 12.4. The van der Waals surface area contributed by atoms with Crippen molar-refractivity contribution in [2.75, 3.05) is 32.3 Å². The number of hydrogen-bond donors (Lipinski definition) is 3. The Labute approximate surface area is 376 Å². The van der Waals surface area contributed by atoms with Gasteiger partial charge in [-0.25, -0.2) is 14.5 Å². The van der Waals surface area contributed by atoms with Crippen LogP contribution in [-0.4, -0.2) is 79.3 Å². The molecule has 5 aromatic carbocycles. The van der Waals surface area contributed by atoms with Gasteiger partial charge >= 0.3 is 18.0 Å². The van der Waals surface area contributed by atoms with Crippen molar-refractivity contribution in [1.82, 2.24) is 10.2 Å². The number of ether oxygens (including phenoxy) is 4. The molecule has 65 heavy (non-hydrogen) atoms. The van der Waals surface area contributed by atoms with Crippen LogP contribution in [-0.2, 0) is 34.1 Å². The summed E-state index contributed by atoms with van der Waals surface area (Å²) in [4.78, 5) is 76.3. The molecule has 3 heterocycles. The Morgan fingerprint density at radius 2 is 1.42 bits per heavy atom. The molecular formula is C51H48N4O10. The number of esters is 2. The number of aliphatic hydroxyl groups excluding tert-OH is 1. The number of carbonyl (C=O) groups excluding carboxylic acids is 5. The number of nitrogens with two attached hydrogens (primary N) is 1. The summed E-state index contributed by atoms with van der Waals surface area (Å²) in [6.07, 6.45) is -0.940. The molecule has 14 heteroatoms. The predicted molar refractivity (Wildman–Crippen MR) is 238 cm³/mol. The van der Waals surface area contributed by atoms with E-state index in [-0.39, 0.29) is 24.5 Å². The molecule has 4 amide bonds. The average molecular weight is 877 g/mol. The Morgan fingerprint density at radius 1 is 0.800 bits per heavy atom. The Hall–Kier alpha value is -7.47. The monoisotopic (exact) mass is 876 g/mol. The molecule has 3 aliphatic rings. The van der Waals surface area contributed by atoms with Crippen molar-refractivity contribution < 1.29 is 48.0 Å². The number of methoxy groups -OCH3 is 2. The van der Waals surface area contributed by atoms with Gasteiger partial charge in [0, 0.05) is 11.1 Å². The summed E-state index contributed by atoms with van der Waals surface area (Å²) in [6.45, 7) is 3.23. The lowest BCUT2D eigenvalue weighted by Crippen LogP contribution is -2.57. The zero-order chi connectivity index (χ0) is 46.0. The van der Waals surface area contributed by atoms with E-state index in [9.17, 15) is 24.3 Å². The number of cyclic esters (lactones) is 1. The van der Waals surface area contributed by atoms with Gasteiger partial charge < -0.3 is 35.1 Å². The highest BCUT2D eigenvalue weighted by Crippen LogP contribution is 2.65. The molecule has 5 aromatic rings. The van der Waals surface area contributed by atoms with Crippen LogP contribution in [0.4, 0.5) is 10.5 Å². The predicted octanol–water partition coefficient (Wildman–Crippen LogP) is 5.52. The van der Waals surface area contributed by atoms with Crippen molar-refractivity contribution in [3.63, 3.8) is 0 Å². The van der Waals surface area contributed by atoms with E-state index >= 15 is 4.79 Å². The van der Waals surface area contributed by atoms with E-state index in [2.05, 4.69) is 17.2 Å².